The van der Waals surface area contributed by atoms with Gasteiger partial charge in [-0.3, -0.25) is 0 Å². The van der Waals surface area contributed by atoms with Crippen molar-refractivity contribution in [1.82, 2.24) is 18.3 Å². The summed E-state index contributed by atoms with van der Waals surface area (Å²) in [6, 6.07) is 149. The molecule has 18 aromatic carbocycles. The molecule has 6 heteroatoms. The van der Waals surface area contributed by atoms with Crippen molar-refractivity contribution in [3.8, 4) is 101 Å². The van der Waals surface area contributed by atoms with Crippen molar-refractivity contribution < 1.29 is 0 Å². The maximum Gasteiger partial charge on any atom is 0.0634 e. The standard InChI is InChI=1S/C108H66N4S2/c1-2-15-67(16-3-1)78-45-56-89-90-58-47-80(64-101(90)111(100(89)62-78)83-52-41-74(42-53-83)70-31-29-69(30-32-70)73-39-50-82(51-40-73)110-97-25-10-6-21-87(97)94-66-106-95(65-102(94)110)91-22-7-12-27-103(91)114-106)77-18-14-17-76(61-77)79-46-57-88-85-19-4-9-24-96(85)109(99(88)63-79)81-48-37-72(38-49-81)68-33-35-71(36-34-68)75-43-54-84(55-44-75)112-98-26-11-5-20-86(98)92-59-60-105-107(108(92)112)93-23-8-13-28-104(93)113-105/h1-66H. The summed E-state index contributed by atoms with van der Waals surface area (Å²) < 4.78 is 15.1. The van der Waals surface area contributed by atoms with Crippen LogP contribution in [-0.4, -0.2) is 18.3 Å². The maximum atomic E-state index is 2.47. The van der Waals surface area contributed by atoms with Crippen molar-refractivity contribution in [3.05, 3.63) is 400 Å². The Morgan fingerprint density at radius 3 is 0.921 bits per heavy atom. The van der Waals surface area contributed by atoms with Crippen molar-refractivity contribution in [2.45, 2.75) is 0 Å². The molecule has 0 aliphatic carbocycles. The molecule has 530 valence electrons. The number of nitrogens with zero attached hydrogens (tertiary/aromatic N) is 4. The van der Waals surface area contributed by atoms with E-state index in [1.807, 2.05) is 22.7 Å². The molecule has 0 fully saturated rings. The van der Waals surface area contributed by atoms with Gasteiger partial charge < -0.3 is 18.3 Å². The number of hydrogen-bond acceptors (Lipinski definition) is 2. The van der Waals surface area contributed by atoms with Crippen LogP contribution in [0.15, 0.2) is 400 Å². The first kappa shape index (κ1) is 64.4. The number of para-hydroxylation sites is 3. The molecule has 0 amide bonds. The molecule has 24 rings (SSSR count). The molecule has 0 N–H and O–H groups in total. The number of benzene rings is 18. The topological polar surface area (TPSA) is 19.7 Å². The molecule has 6 aromatic heterocycles. The van der Waals surface area contributed by atoms with Crippen LogP contribution >= 0.6 is 22.7 Å². The molecule has 4 nitrogen and oxygen atoms in total. The van der Waals surface area contributed by atoms with Crippen LogP contribution in [0.25, 0.3) is 228 Å². The molecule has 0 radical (unpaired) electrons. The fourth-order valence-electron chi connectivity index (χ4n) is 18.5. The zero-order valence-electron chi connectivity index (χ0n) is 61.7. The third-order valence-electron chi connectivity index (χ3n) is 24.0. The highest BCUT2D eigenvalue weighted by molar-refractivity contribution is 7.26. The van der Waals surface area contributed by atoms with Crippen molar-refractivity contribution in [2.75, 3.05) is 0 Å². The van der Waals surface area contributed by atoms with E-state index in [-0.39, 0.29) is 0 Å². The van der Waals surface area contributed by atoms with E-state index >= 15 is 0 Å². The first-order chi connectivity index (χ1) is 56.5. The molecule has 114 heavy (non-hydrogen) atoms. The van der Waals surface area contributed by atoms with E-state index in [2.05, 4.69) is 419 Å². The van der Waals surface area contributed by atoms with Crippen molar-refractivity contribution in [2.24, 2.45) is 0 Å². The third-order valence-corrected chi connectivity index (χ3v) is 26.3. The number of hydrogen-bond donors (Lipinski definition) is 0. The zero-order valence-corrected chi connectivity index (χ0v) is 63.3. The molecule has 0 unspecified atom stereocenters. The molecule has 0 aliphatic rings. The Morgan fingerprint density at radius 2 is 0.439 bits per heavy atom. The molecule has 0 atom stereocenters. The summed E-state index contributed by atoms with van der Waals surface area (Å²) in [6.07, 6.45) is 0. The Morgan fingerprint density at radius 1 is 0.140 bits per heavy atom. The maximum absolute atomic E-state index is 2.47. The monoisotopic (exact) mass is 1480 g/mol. The largest absolute Gasteiger partial charge is 0.309 e. The summed E-state index contributed by atoms with van der Waals surface area (Å²) >= 11 is 3.75. The van der Waals surface area contributed by atoms with Gasteiger partial charge in [0.05, 0.1) is 44.1 Å². The van der Waals surface area contributed by atoms with Gasteiger partial charge in [-0.2, -0.15) is 0 Å². The minimum absolute atomic E-state index is 1.11. The lowest BCUT2D eigenvalue weighted by Crippen LogP contribution is -1.95. The number of thiophene rings is 2. The zero-order chi connectivity index (χ0) is 74.6. The van der Waals surface area contributed by atoms with Gasteiger partial charge in [-0.15, -0.1) is 22.7 Å². The second-order valence-electron chi connectivity index (χ2n) is 30.3. The van der Waals surface area contributed by atoms with Gasteiger partial charge in [-0.25, -0.2) is 0 Å². The minimum Gasteiger partial charge on any atom is -0.309 e. The molecule has 0 aliphatic heterocycles. The smallest absolute Gasteiger partial charge is 0.0634 e. The van der Waals surface area contributed by atoms with Gasteiger partial charge in [0.25, 0.3) is 0 Å². The summed E-state index contributed by atoms with van der Waals surface area (Å²) in [4.78, 5) is 0. The third kappa shape index (κ3) is 10.2. The molecular formula is C108H66N4S2. The summed E-state index contributed by atoms with van der Waals surface area (Å²) in [7, 11) is 0. The van der Waals surface area contributed by atoms with E-state index in [0.29, 0.717) is 0 Å². The first-order valence-corrected chi connectivity index (χ1v) is 40.7. The van der Waals surface area contributed by atoms with Crippen LogP contribution in [0.3, 0.4) is 0 Å². The predicted molar refractivity (Wildman–Crippen MR) is 488 cm³/mol. The van der Waals surface area contributed by atoms with E-state index in [1.165, 1.54) is 178 Å². The average Bonchev–Trinajstić information content (AvgIpc) is 1.56. The average molecular weight is 1480 g/mol. The van der Waals surface area contributed by atoms with Crippen LogP contribution in [0, 0.1) is 0 Å². The fraction of sp³-hybridized carbons (Fsp3) is 0. The van der Waals surface area contributed by atoms with E-state index in [1.54, 1.807) is 0 Å². The van der Waals surface area contributed by atoms with Gasteiger partial charge in [-0.1, -0.05) is 279 Å². The lowest BCUT2D eigenvalue weighted by molar-refractivity contribution is 1.18. The van der Waals surface area contributed by atoms with Gasteiger partial charge >= 0.3 is 0 Å². The predicted octanol–water partition coefficient (Wildman–Crippen LogP) is 30.5. The van der Waals surface area contributed by atoms with E-state index in [0.717, 1.165) is 50.5 Å². The highest BCUT2D eigenvalue weighted by atomic mass is 32.1. The van der Waals surface area contributed by atoms with Crippen LogP contribution in [0.4, 0.5) is 0 Å². The number of aromatic nitrogens is 4. The molecule has 0 bridgehead atoms. The molecule has 0 saturated heterocycles. The van der Waals surface area contributed by atoms with E-state index < -0.39 is 0 Å². The molecular weight excluding hydrogens is 1420 g/mol. The SMILES string of the molecule is c1ccc(-c2ccc3c4ccc(-c5cccc(-c6ccc7c8ccccc8n(-c8ccc(-c9ccc(-c%10ccc(-n%11c%12ccccc%12c%12ccc%13sc%14ccccc%14c%13c%12%11)cc%10)cc9)cc8)c7c6)c5)cc4n(-c4ccc(-c5ccc(-c6ccc(-n7c8ccccc8c8cc9sc%10ccccc%10c9cc87)cc6)cc5)cc4)c3c2)cc1. The van der Waals surface area contributed by atoms with E-state index in [4.69, 9.17) is 0 Å². The van der Waals surface area contributed by atoms with Crippen LogP contribution < -0.4 is 0 Å². The Labute approximate surface area is 664 Å². The van der Waals surface area contributed by atoms with Gasteiger partial charge in [-0.05, 0) is 199 Å². The lowest BCUT2D eigenvalue weighted by Gasteiger charge is -2.12. The highest BCUT2D eigenvalue weighted by Gasteiger charge is 2.23. The van der Waals surface area contributed by atoms with Gasteiger partial charge in [0, 0.05) is 106 Å². The van der Waals surface area contributed by atoms with Gasteiger partial charge in [0.1, 0.15) is 0 Å². The molecule has 6 heterocycles. The Kier molecular flexibility index (Phi) is 14.5. The Hall–Kier alpha value is -14.4. The van der Waals surface area contributed by atoms with Crippen molar-refractivity contribution in [3.63, 3.8) is 0 Å². The molecule has 0 saturated carbocycles. The van der Waals surface area contributed by atoms with Crippen LogP contribution in [-0.2, 0) is 0 Å². The summed E-state index contributed by atoms with van der Waals surface area (Å²) in [5.74, 6) is 0. The van der Waals surface area contributed by atoms with Crippen LogP contribution in [0.5, 0.6) is 0 Å². The first-order valence-electron chi connectivity index (χ1n) is 39.1. The summed E-state index contributed by atoms with van der Waals surface area (Å²) in [5, 5.41) is 15.3. The van der Waals surface area contributed by atoms with Crippen molar-refractivity contribution >= 4 is 150 Å². The van der Waals surface area contributed by atoms with Crippen molar-refractivity contribution in [1.29, 1.82) is 0 Å². The molecule has 0 spiro atoms. The Bertz CT molecular complexity index is 8030. The molecule has 24 aromatic rings. The summed E-state index contributed by atoms with van der Waals surface area (Å²) in [6.45, 7) is 0. The fourth-order valence-corrected chi connectivity index (χ4v) is 20.7. The number of fused-ring (bicyclic) bond motifs is 19. The van der Waals surface area contributed by atoms with Crippen LogP contribution in [0.2, 0.25) is 0 Å². The van der Waals surface area contributed by atoms with E-state index in [9.17, 15) is 0 Å². The second kappa shape index (κ2) is 25.6. The van der Waals surface area contributed by atoms with Gasteiger partial charge in [0.2, 0.25) is 0 Å². The quantitative estimate of drug-likeness (QED) is 0.123. The minimum atomic E-state index is 1.11. The van der Waals surface area contributed by atoms with Gasteiger partial charge in [0.15, 0.2) is 0 Å². The number of rotatable bonds is 11. The highest BCUT2D eigenvalue weighted by Crippen LogP contribution is 2.47. The lowest BCUT2D eigenvalue weighted by atomic mass is 9.97. The second-order valence-corrected chi connectivity index (χ2v) is 32.4. The summed E-state index contributed by atoms with van der Waals surface area (Å²) in [5.41, 5.74) is 30.6. The normalized spacial score (nSPS) is 12.0. The van der Waals surface area contributed by atoms with Crippen LogP contribution in [0.1, 0.15) is 0 Å². The Balaban J connectivity index is 0.519.